The van der Waals surface area contributed by atoms with E-state index in [2.05, 4.69) is 30.7 Å². The summed E-state index contributed by atoms with van der Waals surface area (Å²) in [6.07, 6.45) is 6.63. The molecule has 0 saturated heterocycles. The van der Waals surface area contributed by atoms with Crippen molar-refractivity contribution in [3.8, 4) is 0 Å². The highest BCUT2D eigenvalue weighted by atomic mass is 19.3. The Morgan fingerprint density at radius 3 is 3.00 bits per heavy atom. The number of hydrogen-bond donors (Lipinski definition) is 2. The van der Waals surface area contributed by atoms with Crippen LogP contribution in [0.15, 0.2) is 53.5 Å². The third-order valence-electron chi connectivity index (χ3n) is 5.68. The summed E-state index contributed by atoms with van der Waals surface area (Å²) < 4.78 is 33.0. The molecule has 6 rings (SSSR count). The Hall–Kier alpha value is -4.13. The molecule has 2 N–H and O–H groups in total. The van der Waals surface area contributed by atoms with Gasteiger partial charge in [0.2, 0.25) is 5.89 Å². The summed E-state index contributed by atoms with van der Waals surface area (Å²) in [5.74, 6) is -0.708. The van der Waals surface area contributed by atoms with Crippen LogP contribution in [0.25, 0.3) is 5.52 Å². The largest absolute Gasteiger partial charge is 0.415 e. The van der Waals surface area contributed by atoms with Gasteiger partial charge in [-0.05, 0) is 24.3 Å². The number of halogens is 2. The molecule has 168 valence electrons. The number of aromatic amines is 1. The standard InChI is InChI=1S/C20H17F2N9O2/c21-20(22)31-8-5-13(27-31)17-25-26-18(33-17)19(32)29-7-4-12-15(24-10-23-12)16(29)14-9-11-3-1-2-6-30(11)28-14/h1-3,5-6,8-10,13,16,20,27H,4,7H2,(H,23,24). The van der Waals surface area contributed by atoms with E-state index < -0.39 is 24.5 Å². The lowest BCUT2D eigenvalue weighted by Gasteiger charge is -2.32. The van der Waals surface area contributed by atoms with Crippen molar-refractivity contribution in [2.24, 2.45) is 0 Å². The first-order valence-corrected chi connectivity index (χ1v) is 10.2. The average Bonchev–Trinajstić information content (AvgIpc) is 3.61. The fourth-order valence-electron chi connectivity index (χ4n) is 4.14. The number of alkyl halides is 2. The lowest BCUT2D eigenvalue weighted by atomic mass is 9.99. The Morgan fingerprint density at radius 2 is 2.18 bits per heavy atom. The third-order valence-corrected chi connectivity index (χ3v) is 5.68. The molecule has 2 aliphatic heterocycles. The zero-order valence-corrected chi connectivity index (χ0v) is 17.0. The number of rotatable bonds is 4. The molecule has 0 radical (unpaired) electrons. The van der Waals surface area contributed by atoms with Crippen LogP contribution in [0.2, 0.25) is 0 Å². The molecular formula is C20H17F2N9O2. The van der Waals surface area contributed by atoms with Gasteiger partial charge in [-0.15, -0.1) is 10.2 Å². The minimum absolute atomic E-state index is 0.0134. The molecule has 13 heteroatoms. The van der Waals surface area contributed by atoms with E-state index in [0.29, 0.717) is 29.4 Å². The molecule has 33 heavy (non-hydrogen) atoms. The topological polar surface area (TPSA) is 120 Å². The first kappa shape index (κ1) is 19.5. The fourth-order valence-corrected chi connectivity index (χ4v) is 4.14. The molecule has 6 heterocycles. The molecule has 0 saturated carbocycles. The summed E-state index contributed by atoms with van der Waals surface area (Å²) >= 11 is 0. The van der Waals surface area contributed by atoms with Crippen molar-refractivity contribution in [2.75, 3.05) is 6.54 Å². The molecular weight excluding hydrogens is 436 g/mol. The summed E-state index contributed by atoms with van der Waals surface area (Å²) in [5.41, 5.74) is 5.68. The van der Waals surface area contributed by atoms with Gasteiger partial charge in [-0.3, -0.25) is 9.80 Å². The Labute approximate surface area is 184 Å². The Balaban J connectivity index is 1.32. The van der Waals surface area contributed by atoms with Crippen LogP contribution >= 0.6 is 0 Å². The second-order valence-electron chi connectivity index (χ2n) is 7.64. The molecule has 4 aromatic heterocycles. The number of nitrogens with zero attached hydrogens (tertiary/aromatic N) is 7. The van der Waals surface area contributed by atoms with Crippen LogP contribution in [0.3, 0.4) is 0 Å². The fraction of sp³-hybridized carbons (Fsp3) is 0.250. The van der Waals surface area contributed by atoms with Crippen LogP contribution < -0.4 is 5.43 Å². The van der Waals surface area contributed by atoms with E-state index in [1.807, 2.05) is 30.5 Å². The molecule has 0 aromatic carbocycles. The first-order chi connectivity index (χ1) is 16.1. The second kappa shape index (κ2) is 7.48. The first-order valence-electron chi connectivity index (χ1n) is 10.2. The van der Waals surface area contributed by atoms with E-state index in [-0.39, 0.29) is 11.8 Å². The van der Waals surface area contributed by atoms with Gasteiger partial charge in [0.1, 0.15) is 12.1 Å². The zero-order chi connectivity index (χ0) is 22.5. The summed E-state index contributed by atoms with van der Waals surface area (Å²) in [6, 6.07) is 6.30. The number of aromatic nitrogens is 6. The third kappa shape index (κ3) is 3.24. The maximum absolute atomic E-state index is 13.4. The van der Waals surface area contributed by atoms with Crippen LogP contribution in [-0.2, 0) is 6.42 Å². The van der Waals surface area contributed by atoms with Crippen molar-refractivity contribution >= 4 is 11.4 Å². The van der Waals surface area contributed by atoms with Crippen molar-refractivity contribution in [3.05, 3.63) is 77.9 Å². The van der Waals surface area contributed by atoms with Crippen molar-refractivity contribution < 1.29 is 18.0 Å². The van der Waals surface area contributed by atoms with E-state index in [1.54, 1.807) is 15.7 Å². The van der Waals surface area contributed by atoms with Gasteiger partial charge in [0, 0.05) is 31.1 Å². The zero-order valence-electron chi connectivity index (χ0n) is 17.0. The number of carbonyl (C=O) groups excluding carboxylic acids is 1. The molecule has 0 bridgehead atoms. The number of pyridine rings is 1. The molecule has 11 nitrogen and oxygen atoms in total. The number of H-pyrrole nitrogens is 1. The van der Waals surface area contributed by atoms with Crippen LogP contribution in [-0.4, -0.2) is 58.7 Å². The van der Waals surface area contributed by atoms with Gasteiger partial charge in [0.15, 0.2) is 0 Å². The van der Waals surface area contributed by atoms with Crippen LogP contribution in [0.5, 0.6) is 0 Å². The maximum Gasteiger partial charge on any atom is 0.327 e. The van der Waals surface area contributed by atoms with E-state index in [0.717, 1.165) is 11.2 Å². The van der Waals surface area contributed by atoms with E-state index >= 15 is 0 Å². The molecule has 2 atom stereocenters. The highest BCUT2D eigenvalue weighted by Crippen LogP contribution is 2.34. The number of hydrazine groups is 1. The number of nitrogens with one attached hydrogen (secondary N) is 2. The molecule has 2 unspecified atom stereocenters. The predicted octanol–water partition coefficient (Wildman–Crippen LogP) is 1.83. The average molecular weight is 453 g/mol. The smallest absolute Gasteiger partial charge is 0.327 e. The highest BCUT2D eigenvalue weighted by molar-refractivity contribution is 5.90. The van der Waals surface area contributed by atoms with Gasteiger partial charge in [-0.25, -0.2) is 14.9 Å². The van der Waals surface area contributed by atoms with Gasteiger partial charge in [-0.1, -0.05) is 6.07 Å². The highest BCUT2D eigenvalue weighted by Gasteiger charge is 2.38. The molecule has 4 aromatic rings. The van der Waals surface area contributed by atoms with Crippen LogP contribution in [0, 0.1) is 0 Å². The monoisotopic (exact) mass is 453 g/mol. The Morgan fingerprint density at radius 1 is 1.27 bits per heavy atom. The maximum atomic E-state index is 13.4. The number of amides is 1. The van der Waals surface area contributed by atoms with E-state index in [9.17, 15) is 13.6 Å². The lowest BCUT2D eigenvalue weighted by molar-refractivity contribution is -0.0245. The van der Waals surface area contributed by atoms with Crippen molar-refractivity contribution in [2.45, 2.75) is 25.1 Å². The van der Waals surface area contributed by atoms with Gasteiger partial charge < -0.3 is 14.3 Å². The van der Waals surface area contributed by atoms with Crippen LogP contribution in [0.1, 0.15) is 45.7 Å². The minimum Gasteiger partial charge on any atom is -0.415 e. The summed E-state index contributed by atoms with van der Waals surface area (Å²) in [6.45, 7) is -2.34. The number of imidazole rings is 1. The van der Waals surface area contributed by atoms with Crippen molar-refractivity contribution in [1.29, 1.82) is 0 Å². The normalized spacial score (nSPS) is 20.2. The quantitative estimate of drug-likeness (QED) is 0.449. The SMILES string of the molecule is O=C(c1nnc(C2C=CN(C(F)F)N2)o1)N1CCc2[nH]cnc2C1c1cc2ccccn2n1. The van der Waals surface area contributed by atoms with Gasteiger partial charge >= 0.3 is 18.3 Å². The summed E-state index contributed by atoms with van der Waals surface area (Å²) in [7, 11) is 0. The second-order valence-corrected chi connectivity index (χ2v) is 7.64. The molecule has 2 aliphatic rings. The van der Waals surface area contributed by atoms with Gasteiger partial charge in [0.05, 0.1) is 23.2 Å². The minimum atomic E-state index is -2.72. The van der Waals surface area contributed by atoms with E-state index in [4.69, 9.17) is 4.42 Å². The van der Waals surface area contributed by atoms with E-state index in [1.165, 1.54) is 12.3 Å². The molecule has 0 fully saturated rings. The predicted molar refractivity (Wildman–Crippen MR) is 108 cm³/mol. The molecule has 0 spiro atoms. The van der Waals surface area contributed by atoms with Crippen molar-refractivity contribution in [3.63, 3.8) is 0 Å². The van der Waals surface area contributed by atoms with Crippen LogP contribution in [0.4, 0.5) is 8.78 Å². The summed E-state index contributed by atoms with van der Waals surface area (Å²) in [4.78, 5) is 22.6. The summed E-state index contributed by atoms with van der Waals surface area (Å²) in [5, 5.41) is 13.0. The van der Waals surface area contributed by atoms with Gasteiger partial charge in [-0.2, -0.15) is 13.9 Å². The lowest BCUT2D eigenvalue weighted by Crippen LogP contribution is -2.41. The van der Waals surface area contributed by atoms with Gasteiger partial charge in [0.25, 0.3) is 0 Å². The number of hydrogen-bond acceptors (Lipinski definition) is 8. The molecule has 0 aliphatic carbocycles. The van der Waals surface area contributed by atoms with Crippen molar-refractivity contribution in [1.82, 2.24) is 45.1 Å². The Bertz CT molecular complexity index is 1330. The Kier molecular flexibility index (Phi) is 4.43. The number of fused-ring (bicyclic) bond motifs is 2. The molecule has 1 amide bonds. The number of carbonyl (C=O) groups is 1.